The number of ether oxygens (including phenoxy) is 1. The zero-order chi connectivity index (χ0) is 11.4. The zero-order valence-electron chi connectivity index (χ0n) is 7.89. The molecule has 5 heteroatoms. The summed E-state index contributed by atoms with van der Waals surface area (Å²) in [6.07, 6.45) is 0.432. The van der Waals surface area contributed by atoms with Gasteiger partial charge in [0.1, 0.15) is 5.75 Å². The lowest BCUT2D eigenvalue weighted by molar-refractivity contribution is -0.131. The lowest BCUT2D eigenvalue weighted by atomic mass is 10.1. The maximum absolute atomic E-state index is 10.7. The van der Waals surface area contributed by atoms with Crippen LogP contribution in [0.1, 0.15) is 27.6 Å². The molecule has 0 saturated carbocycles. The van der Waals surface area contributed by atoms with Crippen molar-refractivity contribution >= 4 is 18.2 Å². The molecule has 15 heavy (non-hydrogen) atoms. The van der Waals surface area contributed by atoms with Crippen molar-refractivity contribution in [1.82, 2.24) is 0 Å². The number of carboxylic acids is 1. The van der Waals surface area contributed by atoms with Gasteiger partial charge in [-0.2, -0.15) is 0 Å². The van der Waals surface area contributed by atoms with E-state index in [1.165, 1.54) is 19.1 Å². The number of hydrogen-bond acceptors (Lipinski definition) is 4. The molecule has 78 valence electrons. The van der Waals surface area contributed by atoms with Gasteiger partial charge in [-0.3, -0.25) is 9.59 Å². The van der Waals surface area contributed by atoms with Crippen LogP contribution in [-0.2, 0) is 4.79 Å². The second-order valence-corrected chi connectivity index (χ2v) is 2.77. The van der Waals surface area contributed by atoms with Crippen LogP contribution in [0, 0.1) is 0 Å². The summed E-state index contributed by atoms with van der Waals surface area (Å²) < 4.78 is 4.69. The Bertz CT molecular complexity index is 422. The van der Waals surface area contributed by atoms with Crippen LogP contribution in [-0.4, -0.2) is 23.3 Å². The van der Waals surface area contributed by atoms with E-state index in [1.54, 1.807) is 0 Å². The molecule has 0 unspecified atom stereocenters. The van der Waals surface area contributed by atoms with Crippen molar-refractivity contribution in [3.05, 3.63) is 29.3 Å². The summed E-state index contributed by atoms with van der Waals surface area (Å²) in [6.45, 7) is 1.20. The highest BCUT2D eigenvalue weighted by Gasteiger charge is 2.11. The van der Waals surface area contributed by atoms with E-state index in [-0.39, 0.29) is 16.9 Å². The van der Waals surface area contributed by atoms with Crippen LogP contribution >= 0.6 is 0 Å². The minimum Gasteiger partial charge on any atom is -0.478 e. The fourth-order valence-electron chi connectivity index (χ4n) is 1.05. The molecule has 0 radical (unpaired) electrons. The lowest BCUT2D eigenvalue weighted by Crippen LogP contribution is -2.05. The first kappa shape index (κ1) is 10.9. The molecular formula is C10H8O5. The third-order valence-corrected chi connectivity index (χ3v) is 1.64. The van der Waals surface area contributed by atoms with Gasteiger partial charge in [0.2, 0.25) is 0 Å². The minimum atomic E-state index is -1.24. The van der Waals surface area contributed by atoms with Crippen molar-refractivity contribution < 1.29 is 24.2 Å². The van der Waals surface area contributed by atoms with Crippen LogP contribution in [0.3, 0.4) is 0 Å². The number of aromatic carboxylic acids is 1. The topological polar surface area (TPSA) is 80.7 Å². The fourth-order valence-corrected chi connectivity index (χ4v) is 1.05. The van der Waals surface area contributed by atoms with Gasteiger partial charge in [-0.1, -0.05) is 0 Å². The Morgan fingerprint density at radius 2 is 2.07 bits per heavy atom. The molecule has 5 nitrogen and oxygen atoms in total. The number of esters is 1. The van der Waals surface area contributed by atoms with Crippen molar-refractivity contribution in [3.8, 4) is 5.75 Å². The molecule has 0 spiro atoms. The predicted octanol–water partition coefficient (Wildman–Crippen LogP) is 1.12. The molecule has 0 aliphatic carbocycles. The highest BCUT2D eigenvalue weighted by molar-refractivity contribution is 5.97. The van der Waals surface area contributed by atoms with Gasteiger partial charge in [-0.15, -0.1) is 0 Å². The van der Waals surface area contributed by atoms with Gasteiger partial charge in [0, 0.05) is 12.5 Å². The van der Waals surface area contributed by atoms with Crippen LogP contribution in [0.4, 0.5) is 0 Å². The standard InChI is InChI=1S/C10H8O5/c1-6(12)15-8-3-2-7(5-11)9(4-8)10(13)14/h2-5H,1H3,(H,13,14). The molecule has 0 aliphatic rings. The van der Waals surface area contributed by atoms with E-state index >= 15 is 0 Å². The van der Waals surface area contributed by atoms with Crippen LogP contribution in [0.5, 0.6) is 5.75 Å². The molecule has 0 aliphatic heterocycles. The molecule has 0 atom stereocenters. The van der Waals surface area contributed by atoms with E-state index in [0.717, 1.165) is 6.07 Å². The summed E-state index contributed by atoms with van der Waals surface area (Å²) in [5.74, 6) is -1.69. The Morgan fingerprint density at radius 3 is 2.53 bits per heavy atom. The average molecular weight is 208 g/mol. The maximum atomic E-state index is 10.7. The molecular weight excluding hydrogens is 200 g/mol. The van der Waals surface area contributed by atoms with E-state index in [1.807, 2.05) is 0 Å². The summed E-state index contributed by atoms with van der Waals surface area (Å²) in [5, 5.41) is 8.76. The Labute approximate surface area is 85.3 Å². The van der Waals surface area contributed by atoms with Crippen LogP contribution in [0.2, 0.25) is 0 Å². The van der Waals surface area contributed by atoms with Crippen molar-refractivity contribution in [2.24, 2.45) is 0 Å². The van der Waals surface area contributed by atoms with E-state index in [2.05, 4.69) is 4.74 Å². The monoisotopic (exact) mass is 208 g/mol. The highest BCUT2D eigenvalue weighted by Crippen LogP contribution is 2.17. The van der Waals surface area contributed by atoms with Crippen LogP contribution in [0.25, 0.3) is 0 Å². The molecule has 0 bridgehead atoms. The molecule has 0 fully saturated rings. The molecule has 1 aromatic rings. The molecule has 1 aromatic carbocycles. The fraction of sp³-hybridized carbons (Fsp3) is 0.100. The predicted molar refractivity (Wildman–Crippen MR) is 50.1 cm³/mol. The molecule has 0 aromatic heterocycles. The normalized spacial score (nSPS) is 9.40. The van der Waals surface area contributed by atoms with Gasteiger partial charge >= 0.3 is 11.9 Å². The summed E-state index contributed by atoms with van der Waals surface area (Å²) in [7, 11) is 0. The van der Waals surface area contributed by atoms with E-state index in [9.17, 15) is 14.4 Å². The molecule has 1 rings (SSSR count). The number of hydrogen-bond donors (Lipinski definition) is 1. The quantitative estimate of drug-likeness (QED) is 0.457. The smallest absolute Gasteiger partial charge is 0.336 e. The van der Waals surface area contributed by atoms with Gasteiger partial charge in [0.05, 0.1) is 5.56 Å². The first-order chi connectivity index (χ1) is 7.04. The van der Waals surface area contributed by atoms with Crippen molar-refractivity contribution in [2.75, 3.05) is 0 Å². The first-order valence-electron chi connectivity index (χ1n) is 4.05. The molecule has 1 N–H and O–H groups in total. The Kier molecular flexibility index (Phi) is 3.17. The molecule has 0 saturated heterocycles. The van der Waals surface area contributed by atoms with Gasteiger partial charge in [0.15, 0.2) is 6.29 Å². The average Bonchev–Trinajstić information content (AvgIpc) is 2.16. The summed E-state index contributed by atoms with van der Waals surface area (Å²) >= 11 is 0. The second-order valence-electron chi connectivity index (χ2n) is 2.77. The summed E-state index contributed by atoms with van der Waals surface area (Å²) in [5.41, 5.74) is -0.151. The van der Waals surface area contributed by atoms with Gasteiger partial charge < -0.3 is 9.84 Å². The van der Waals surface area contributed by atoms with E-state index in [4.69, 9.17) is 5.11 Å². The van der Waals surface area contributed by atoms with Crippen molar-refractivity contribution in [2.45, 2.75) is 6.92 Å². The SMILES string of the molecule is CC(=O)Oc1ccc(C=O)c(C(=O)O)c1. The van der Waals surface area contributed by atoms with E-state index < -0.39 is 11.9 Å². The van der Waals surface area contributed by atoms with Gasteiger partial charge in [0.25, 0.3) is 0 Å². The number of carbonyl (C=O) groups is 3. The summed E-state index contributed by atoms with van der Waals surface area (Å²) in [4.78, 5) is 31.8. The van der Waals surface area contributed by atoms with Crippen LogP contribution in [0.15, 0.2) is 18.2 Å². The Balaban J connectivity index is 3.15. The van der Waals surface area contributed by atoms with Crippen LogP contribution < -0.4 is 4.74 Å². The second kappa shape index (κ2) is 4.36. The van der Waals surface area contributed by atoms with Crippen molar-refractivity contribution in [1.29, 1.82) is 0 Å². The Hall–Kier alpha value is -2.17. The largest absolute Gasteiger partial charge is 0.478 e. The Morgan fingerprint density at radius 1 is 1.40 bits per heavy atom. The first-order valence-corrected chi connectivity index (χ1v) is 4.05. The molecule has 0 amide bonds. The third-order valence-electron chi connectivity index (χ3n) is 1.64. The number of carboxylic acid groups (broad SMARTS) is 1. The highest BCUT2D eigenvalue weighted by atomic mass is 16.5. The van der Waals surface area contributed by atoms with Crippen molar-refractivity contribution in [3.63, 3.8) is 0 Å². The maximum Gasteiger partial charge on any atom is 0.336 e. The zero-order valence-corrected chi connectivity index (χ0v) is 7.89. The third kappa shape index (κ3) is 2.63. The number of rotatable bonds is 3. The number of aldehydes is 1. The summed E-state index contributed by atoms with van der Waals surface area (Å²) in [6, 6.07) is 3.78. The molecule has 0 heterocycles. The lowest BCUT2D eigenvalue weighted by Gasteiger charge is -2.03. The minimum absolute atomic E-state index is 0.0402. The number of carbonyl (C=O) groups excluding carboxylic acids is 2. The van der Waals surface area contributed by atoms with Gasteiger partial charge in [-0.05, 0) is 18.2 Å². The van der Waals surface area contributed by atoms with Gasteiger partial charge in [-0.25, -0.2) is 4.79 Å². The van der Waals surface area contributed by atoms with E-state index in [0.29, 0.717) is 6.29 Å². The number of benzene rings is 1.